The maximum atomic E-state index is 9.15. The van der Waals surface area contributed by atoms with Gasteiger partial charge < -0.3 is 9.84 Å². The minimum absolute atomic E-state index is 0.157. The van der Waals surface area contributed by atoms with E-state index >= 15 is 0 Å². The molecule has 1 aliphatic rings. The lowest BCUT2D eigenvalue weighted by Crippen LogP contribution is -2.18. The number of allylic oxidation sites excluding steroid dienone is 1. The van der Waals surface area contributed by atoms with Gasteiger partial charge in [-0.05, 0) is 47.1 Å². The van der Waals surface area contributed by atoms with E-state index in [1.54, 1.807) is 7.11 Å². The van der Waals surface area contributed by atoms with Crippen molar-refractivity contribution in [2.75, 3.05) is 13.7 Å². The Labute approximate surface area is 103 Å². The third-order valence-electron chi connectivity index (χ3n) is 3.25. The number of methoxy groups -OCH3 is 1. The molecule has 1 N–H and O–H groups in total. The molecule has 0 heterocycles. The van der Waals surface area contributed by atoms with Gasteiger partial charge in [-0.15, -0.1) is 0 Å². The molecule has 1 aromatic carbocycles. The lowest BCUT2D eigenvalue weighted by Gasteiger charge is -2.30. The quantitative estimate of drug-likeness (QED) is 0.868. The standard InChI is InChI=1S/C15H20O2/c1-15(2)9-11(6-7-16)14-5-4-13(17-3)8-12(14)10-15/h4-5,8-9,16H,6-7,10H2,1-3H3. The Bertz CT molecular complexity index is 444. The third kappa shape index (κ3) is 2.52. The lowest BCUT2D eigenvalue weighted by molar-refractivity contribution is 0.304. The summed E-state index contributed by atoms with van der Waals surface area (Å²) in [6, 6.07) is 6.20. The third-order valence-corrected chi connectivity index (χ3v) is 3.25. The van der Waals surface area contributed by atoms with Gasteiger partial charge in [-0.2, -0.15) is 0 Å². The van der Waals surface area contributed by atoms with Crippen LogP contribution in [0, 0.1) is 5.41 Å². The summed E-state index contributed by atoms with van der Waals surface area (Å²) in [4.78, 5) is 0. The molecule has 92 valence electrons. The number of fused-ring (bicyclic) bond motifs is 1. The van der Waals surface area contributed by atoms with E-state index < -0.39 is 0 Å². The number of aliphatic hydroxyl groups excluding tert-OH is 1. The molecule has 0 aromatic heterocycles. The van der Waals surface area contributed by atoms with Crippen molar-refractivity contribution in [3.63, 3.8) is 0 Å². The first-order valence-electron chi connectivity index (χ1n) is 6.05. The Morgan fingerprint density at radius 1 is 1.35 bits per heavy atom. The molecule has 2 heteroatoms. The van der Waals surface area contributed by atoms with Crippen LogP contribution in [-0.4, -0.2) is 18.8 Å². The lowest BCUT2D eigenvalue weighted by atomic mass is 9.75. The molecular weight excluding hydrogens is 212 g/mol. The molecular formula is C15H20O2. The molecule has 1 aliphatic carbocycles. The minimum atomic E-state index is 0.157. The molecule has 0 aliphatic heterocycles. The van der Waals surface area contributed by atoms with Crippen LogP contribution in [0.1, 0.15) is 31.4 Å². The highest BCUT2D eigenvalue weighted by atomic mass is 16.5. The monoisotopic (exact) mass is 232 g/mol. The van der Waals surface area contributed by atoms with Crippen LogP contribution in [0.5, 0.6) is 5.75 Å². The summed E-state index contributed by atoms with van der Waals surface area (Å²) in [7, 11) is 1.69. The Morgan fingerprint density at radius 3 is 2.76 bits per heavy atom. The molecule has 0 fully saturated rings. The average Bonchev–Trinajstić information content (AvgIpc) is 2.27. The van der Waals surface area contributed by atoms with E-state index in [9.17, 15) is 0 Å². The van der Waals surface area contributed by atoms with E-state index in [-0.39, 0.29) is 12.0 Å². The number of benzene rings is 1. The SMILES string of the molecule is COc1ccc2c(c1)CC(C)(C)C=C2CCO. The molecule has 2 rings (SSSR count). The molecule has 1 aromatic rings. The Balaban J connectivity index is 2.46. The van der Waals surface area contributed by atoms with Crippen molar-refractivity contribution >= 4 is 5.57 Å². The van der Waals surface area contributed by atoms with E-state index in [1.807, 2.05) is 6.07 Å². The van der Waals surface area contributed by atoms with Gasteiger partial charge in [0.05, 0.1) is 7.11 Å². The van der Waals surface area contributed by atoms with Gasteiger partial charge in [0.1, 0.15) is 5.75 Å². The summed E-state index contributed by atoms with van der Waals surface area (Å²) in [5.41, 5.74) is 3.99. The minimum Gasteiger partial charge on any atom is -0.497 e. The van der Waals surface area contributed by atoms with E-state index in [1.165, 1.54) is 16.7 Å². The number of rotatable bonds is 3. The summed E-state index contributed by atoms with van der Waals surface area (Å²) in [6.45, 7) is 4.66. The average molecular weight is 232 g/mol. The van der Waals surface area contributed by atoms with E-state index in [2.05, 4.69) is 32.1 Å². The second kappa shape index (κ2) is 4.53. The highest BCUT2D eigenvalue weighted by Crippen LogP contribution is 2.39. The van der Waals surface area contributed by atoms with E-state index in [0.717, 1.165) is 18.6 Å². The van der Waals surface area contributed by atoms with Crippen LogP contribution >= 0.6 is 0 Å². The largest absolute Gasteiger partial charge is 0.497 e. The van der Waals surface area contributed by atoms with Crippen LogP contribution in [0.4, 0.5) is 0 Å². The van der Waals surface area contributed by atoms with Gasteiger partial charge in [0.2, 0.25) is 0 Å². The molecule has 0 saturated carbocycles. The van der Waals surface area contributed by atoms with Gasteiger partial charge in [-0.3, -0.25) is 0 Å². The predicted octanol–water partition coefficient (Wildman–Crippen LogP) is 3.04. The van der Waals surface area contributed by atoms with Gasteiger partial charge in [-0.1, -0.05) is 26.0 Å². The molecule has 17 heavy (non-hydrogen) atoms. The van der Waals surface area contributed by atoms with E-state index in [0.29, 0.717) is 0 Å². The maximum absolute atomic E-state index is 9.15. The van der Waals surface area contributed by atoms with Crippen LogP contribution in [0.15, 0.2) is 24.3 Å². The predicted molar refractivity (Wildman–Crippen MR) is 70.2 cm³/mol. The Morgan fingerprint density at radius 2 is 2.12 bits per heavy atom. The highest BCUT2D eigenvalue weighted by Gasteiger charge is 2.25. The second-order valence-corrected chi connectivity index (χ2v) is 5.33. The topological polar surface area (TPSA) is 29.5 Å². The normalized spacial score (nSPS) is 17.3. The van der Waals surface area contributed by atoms with Crippen molar-refractivity contribution in [3.05, 3.63) is 35.4 Å². The van der Waals surface area contributed by atoms with Crippen molar-refractivity contribution in [3.8, 4) is 5.75 Å². The molecule has 2 nitrogen and oxygen atoms in total. The van der Waals surface area contributed by atoms with Crippen molar-refractivity contribution < 1.29 is 9.84 Å². The second-order valence-electron chi connectivity index (χ2n) is 5.33. The Hall–Kier alpha value is -1.28. The molecule has 0 spiro atoms. The van der Waals surface area contributed by atoms with Crippen LogP contribution in [0.25, 0.3) is 5.57 Å². The molecule has 0 amide bonds. The summed E-state index contributed by atoms with van der Waals surface area (Å²) in [6.07, 6.45) is 4.04. The van der Waals surface area contributed by atoms with Crippen molar-refractivity contribution in [1.82, 2.24) is 0 Å². The highest BCUT2D eigenvalue weighted by molar-refractivity contribution is 5.72. The smallest absolute Gasteiger partial charge is 0.119 e. The Kier molecular flexibility index (Phi) is 3.25. The molecule has 0 bridgehead atoms. The van der Waals surface area contributed by atoms with Crippen LogP contribution in [0.3, 0.4) is 0 Å². The van der Waals surface area contributed by atoms with Crippen LogP contribution < -0.4 is 4.74 Å². The number of hydrogen-bond acceptors (Lipinski definition) is 2. The molecule has 0 saturated heterocycles. The van der Waals surface area contributed by atoms with Crippen molar-refractivity contribution in [2.45, 2.75) is 26.7 Å². The van der Waals surface area contributed by atoms with Gasteiger partial charge in [0.15, 0.2) is 0 Å². The zero-order valence-electron chi connectivity index (χ0n) is 10.8. The van der Waals surface area contributed by atoms with Gasteiger partial charge >= 0.3 is 0 Å². The van der Waals surface area contributed by atoms with Gasteiger partial charge in [0, 0.05) is 6.61 Å². The molecule has 0 unspecified atom stereocenters. The van der Waals surface area contributed by atoms with Gasteiger partial charge in [0.25, 0.3) is 0 Å². The zero-order valence-corrected chi connectivity index (χ0v) is 10.8. The van der Waals surface area contributed by atoms with Crippen molar-refractivity contribution in [2.24, 2.45) is 5.41 Å². The first-order valence-corrected chi connectivity index (χ1v) is 6.05. The van der Waals surface area contributed by atoms with E-state index in [4.69, 9.17) is 9.84 Å². The van der Waals surface area contributed by atoms with Crippen molar-refractivity contribution in [1.29, 1.82) is 0 Å². The fraction of sp³-hybridized carbons (Fsp3) is 0.467. The van der Waals surface area contributed by atoms with Crippen LogP contribution in [-0.2, 0) is 6.42 Å². The number of ether oxygens (including phenoxy) is 1. The molecule has 0 atom stereocenters. The zero-order chi connectivity index (χ0) is 12.5. The number of aliphatic hydroxyl groups is 1. The van der Waals surface area contributed by atoms with Crippen LogP contribution in [0.2, 0.25) is 0 Å². The number of hydrogen-bond donors (Lipinski definition) is 1. The summed E-state index contributed by atoms with van der Waals surface area (Å²) in [5, 5.41) is 9.15. The summed E-state index contributed by atoms with van der Waals surface area (Å²) >= 11 is 0. The molecule has 0 radical (unpaired) electrons. The fourth-order valence-electron chi connectivity index (χ4n) is 2.58. The first kappa shape index (κ1) is 12.2. The summed E-state index contributed by atoms with van der Waals surface area (Å²) < 4.78 is 5.27. The summed E-state index contributed by atoms with van der Waals surface area (Å²) in [5.74, 6) is 0.907. The maximum Gasteiger partial charge on any atom is 0.119 e. The fourth-order valence-corrected chi connectivity index (χ4v) is 2.58. The first-order chi connectivity index (χ1) is 8.05. The van der Waals surface area contributed by atoms with Gasteiger partial charge in [-0.25, -0.2) is 0 Å².